The molecule has 4 rings (SSSR count). The van der Waals surface area contributed by atoms with Crippen molar-refractivity contribution in [3.8, 4) is 0 Å². The van der Waals surface area contributed by atoms with Crippen LogP contribution in [0.1, 0.15) is 73.9 Å². The first-order chi connectivity index (χ1) is 11.3. The summed E-state index contributed by atoms with van der Waals surface area (Å²) in [5.41, 5.74) is 2.71. The van der Waals surface area contributed by atoms with Gasteiger partial charge in [-0.2, -0.15) is 0 Å². The van der Waals surface area contributed by atoms with Crippen molar-refractivity contribution >= 4 is 11.8 Å². The van der Waals surface area contributed by atoms with Crippen molar-refractivity contribution < 1.29 is 0 Å². The fourth-order valence-electron chi connectivity index (χ4n) is 3.64. The molecule has 2 fully saturated rings. The summed E-state index contributed by atoms with van der Waals surface area (Å²) in [5, 5.41) is 10.3. The number of thioether (sulfide) groups is 1. The predicted octanol–water partition coefficient (Wildman–Crippen LogP) is 5.26. The molecule has 122 valence electrons. The molecule has 4 heteroatoms. The van der Waals surface area contributed by atoms with E-state index in [-0.39, 0.29) is 0 Å². The quantitative estimate of drug-likeness (QED) is 0.702. The number of aromatic nitrogens is 3. The number of hydrogen-bond donors (Lipinski definition) is 0. The highest BCUT2D eigenvalue weighted by Crippen LogP contribution is 2.43. The van der Waals surface area contributed by atoms with Crippen molar-refractivity contribution in [1.29, 1.82) is 0 Å². The highest BCUT2D eigenvalue weighted by Gasteiger charge is 2.33. The first kappa shape index (κ1) is 15.3. The van der Waals surface area contributed by atoms with Crippen LogP contribution >= 0.6 is 11.8 Å². The van der Waals surface area contributed by atoms with Gasteiger partial charge in [-0.05, 0) is 38.2 Å². The summed E-state index contributed by atoms with van der Waals surface area (Å²) < 4.78 is 2.51. The third kappa shape index (κ3) is 3.47. The molecule has 1 heterocycles. The van der Waals surface area contributed by atoms with E-state index in [0.717, 1.165) is 10.9 Å². The summed E-state index contributed by atoms with van der Waals surface area (Å²) in [4.78, 5) is 0. The third-order valence-electron chi connectivity index (χ3n) is 5.02. The van der Waals surface area contributed by atoms with Crippen molar-refractivity contribution in [3.05, 3.63) is 41.2 Å². The van der Waals surface area contributed by atoms with E-state index in [1.54, 1.807) is 0 Å². The maximum absolute atomic E-state index is 4.58. The monoisotopic (exact) mass is 327 g/mol. The lowest BCUT2D eigenvalue weighted by Gasteiger charge is -2.25. The molecule has 0 aliphatic heterocycles. The molecule has 2 saturated carbocycles. The molecule has 0 bridgehead atoms. The van der Waals surface area contributed by atoms with E-state index in [9.17, 15) is 0 Å². The molecule has 0 amide bonds. The molecule has 0 radical (unpaired) electrons. The molecular formula is C19H25N3S. The lowest BCUT2D eigenvalue weighted by atomic mass is 9.95. The molecule has 1 aromatic heterocycles. The first-order valence-corrected chi connectivity index (χ1v) is 9.93. The van der Waals surface area contributed by atoms with E-state index in [1.807, 2.05) is 11.8 Å². The number of nitrogens with zero attached hydrogens (tertiary/aromatic N) is 3. The summed E-state index contributed by atoms with van der Waals surface area (Å²) in [5.74, 6) is 2.93. The van der Waals surface area contributed by atoms with E-state index in [2.05, 4.69) is 46.0 Å². The topological polar surface area (TPSA) is 30.7 Å². The second-order valence-electron chi connectivity index (χ2n) is 7.05. The van der Waals surface area contributed by atoms with Crippen LogP contribution in [0.4, 0.5) is 0 Å². The van der Waals surface area contributed by atoms with Gasteiger partial charge in [-0.15, -0.1) is 10.2 Å². The van der Waals surface area contributed by atoms with Crippen molar-refractivity contribution in [2.24, 2.45) is 0 Å². The van der Waals surface area contributed by atoms with Gasteiger partial charge in [-0.25, -0.2) is 0 Å². The first-order valence-electron chi connectivity index (χ1n) is 8.94. The number of aryl methyl sites for hydroxylation is 1. The third-order valence-corrected chi connectivity index (χ3v) is 6.04. The van der Waals surface area contributed by atoms with Gasteiger partial charge in [0.1, 0.15) is 5.82 Å². The number of hydrogen-bond acceptors (Lipinski definition) is 3. The summed E-state index contributed by atoms with van der Waals surface area (Å²) in [7, 11) is 0. The van der Waals surface area contributed by atoms with Gasteiger partial charge >= 0.3 is 0 Å². The highest BCUT2D eigenvalue weighted by molar-refractivity contribution is 7.98. The van der Waals surface area contributed by atoms with Crippen LogP contribution in [0.3, 0.4) is 0 Å². The minimum absolute atomic E-state index is 0.634. The summed E-state index contributed by atoms with van der Waals surface area (Å²) in [6.07, 6.45) is 9.30. The second kappa shape index (κ2) is 6.68. The van der Waals surface area contributed by atoms with Gasteiger partial charge in [-0.3, -0.25) is 0 Å². The predicted molar refractivity (Wildman–Crippen MR) is 94.9 cm³/mol. The largest absolute Gasteiger partial charge is 0.303 e. The molecule has 0 spiro atoms. The second-order valence-corrected chi connectivity index (χ2v) is 8.00. The van der Waals surface area contributed by atoms with Crippen LogP contribution in [0.2, 0.25) is 0 Å². The van der Waals surface area contributed by atoms with Crippen molar-refractivity contribution in [2.45, 2.75) is 74.7 Å². The van der Waals surface area contributed by atoms with Gasteiger partial charge in [0.15, 0.2) is 5.16 Å². The number of benzene rings is 1. The van der Waals surface area contributed by atoms with E-state index in [0.29, 0.717) is 12.0 Å². The van der Waals surface area contributed by atoms with Gasteiger partial charge < -0.3 is 4.57 Å². The van der Waals surface area contributed by atoms with E-state index < -0.39 is 0 Å². The van der Waals surface area contributed by atoms with Crippen LogP contribution in [-0.2, 0) is 5.75 Å². The standard InChI is InChI=1S/C19H25N3S/c1-14-6-5-7-15(12-14)13-23-19-21-20-18(16-10-11-16)22(19)17-8-3-2-4-9-17/h5-7,12,16-17H,2-4,8-11,13H2,1H3. The molecule has 0 unspecified atom stereocenters. The Morgan fingerprint density at radius 2 is 1.91 bits per heavy atom. The van der Waals surface area contributed by atoms with Crippen LogP contribution in [0.5, 0.6) is 0 Å². The normalized spacial score (nSPS) is 19.2. The summed E-state index contributed by atoms with van der Waals surface area (Å²) >= 11 is 1.86. The fourth-order valence-corrected chi connectivity index (χ4v) is 4.59. The van der Waals surface area contributed by atoms with Crippen LogP contribution < -0.4 is 0 Å². The molecule has 0 N–H and O–H groups in total. The van der Waals surface area contributed by atoms with Crippen LogP contribution in [0.15, 0.2) is 29.4 Å². The molecule has 1 aromatic carbocycles. The highest BCUT2D eigenvalue weighted by atomic mass is 32.2. The lowest BCUT2D eigenvalue weighted by molar-refractivity contribution is 0.329. The van der Waals surface area contributed by atoms with Crippen molar-refractivity contribution in [2.75, 3.05) is 0 Å². The van der Waals surface area contributed by atoms with E-state index in [1.165, 1.54) is 61.9 Å². The Bertz CT molecular complexity index is 669. The SMILES string of the molecule is Cc1cccc(CSc2nnc(C3CC3)n2C2CCCCC2)c1. The van der Waals surface area contributed by atoms with Gasteiger partial charge in [0, 0.05) is 17.7 Å². The minimum atomic E-state index is 0.634. The Balaban J connectivity index is 1.55. The molecule has 2 aliphatic rings. The minimum Gasteiger partial charge on any atom is -0.303 e. The lowest BCUT2D eigenvalue weighted by Crippen LogP contribution is -2.16. The molecular weight excluding hydrogens is 302 g/mol. The van der Waals surface area contributed by atoms with Gasteiger partial charge in [-0.1, -0.05) is 60.9 Å². The van der Waals surface area contributed by atoms with Gasteiger partial charge in [0.05, 0.1) is 0 Å². The Hall–Kier alpha value is -1.29. The molecule has 2 aliphatic carbocycles. The Labute approximate surface area is 142 Å². The Kier molecular flexibility index (Phi) is 4.43. The smallest absolute Gasteiger partial charge is 0.191 e. The fraction of sp³-hybridized carbons (Fsp3) is 0.579. The summed E-state index contributed by atoms with van der Waals surface area (Å²) in [6, 6.07) is 9.42. The molecule has 3 nitrogen and oxygen atoms in total. The van der Waals surface area contributed by atoms with E-state index >= 15 is 0 Å². The summed E-state index contributed by atoms with van der Waals surface area (Å²) in [6.45, 7) is 2.16. The Morgan fingerprint density at radius 3 is 2.65 bits per heavy atom. The van der Waals surface area contributed by atoms with Crippen LogP contribution in [-0.4, -0.2) is 14.8 Å². The molecule has 0 atom stereocenters. The zero-order chi connectivity index (χ0) is 15.6. The van der Waals surface area contributed by atoms with Crippen molar-refractivity contribution in [1.82, 2.24) is 14.8 Å². The maximum Gasteiger partial charge on any atom is 0.191 e. The van der Waals surface area contributed by atoms with E-state index in [4.69, 9.17) is 0 Å². The molecule has 2 aromatic rings. The zero-order valence-electron chi connectivity index (χ0n) is 13.9. The average molecular weight is 327 g/mol. The number of rotatable bonds is 5. The average Bonchev–Trinajstić information content (AvgIpc) is 3.33. The van der Waals surface area contributed by atoms with Crippen LogP contribution in [0.25, 0.3) is 0 Å². The van der Waals surface area contributed by atoms with Crippen LogP contribution in [0, 0.1) is 6.92 Å². The Morgan fingerprint density at radius 1 is 1.09 bits per heavy atom. The molecule has 23 heavy (non-hydrogen) atoms. The molecule has 0 saturated heterocycles. The van der Waals surface area contributed by atoms with Gasteiger partial charge in [0.25, 0.3) is 0 Å². The van der Waals surface area contributed by atoms with Gasteiger partial charge in [0.2, 0.25) is 0 Å². The van der Waals surface area contributed by atoms with Crippen molar-refractivity contribution in [3.63, 3.8) is 0 Å². The zero-order valence-corrected chi connectivity index (χ0v) is 14.7. The maximum atomic E-state index is 4.58.